The third kappa shape index (κ3) is 2.91. The first kappa shape index (κ1) is 15.8. The van der Waals surface area contributed by atoms with E-state index in [2.05, 4.69) is 17.1 Å². The maximum Gasteiger partial charge on any atom is 0.265 e. The van der Waals surface area contributed by atoms with E-state index in [0.29, 0.717) is 23.1 Å². The predicted molar refractivity (Wildman–Crippen MR) is 98.5 cm³/mol. The van der Waals surface area contributed by atoms with Gasteiger partial charge in [0.15, 0.2) is 5.13 Å². The predicted octanol–water partition coefficient (Wildman–Crippen LogP) is 2.37. The standard InChI is InChI=1S/C18H19N5OS/c1-22-14-8-10-23(17(24)15-11-20-18(19)25-15)9-7-13(14)16(21-22)12-5-3-2-4-6-12/h2-6,11H,7-10H2,1H3,(H2,19,20). The topological polar surface area (TPSA) is 77.0 Å². The summed E-state index contributed by atoms with van der Waals surface area (Å²) in [6.07, 6.45) is 3.16. The molecule has 0 aliphatic carbocycles. The van der Waals surface area contributed by atoms with E-state index in [9.17, 15) is 4.79 Å². The first-order valence-electron chi connectivity index (χ1n) is 8.24. The SMILES string of the molecule is Cn1nc(-c2ccccc2)c2c1CCN(C(=O)c1cnc(N)s1)CC2. The van der Waals surface area contributed by atoms with Gasteiger partial charge in [-0.05, 0) is 6.42 Å². The van der Waals surface area contributed by atoms with E-state index in [1.165, 1.54) is 22.6 Å². The number of nitrogens with two attached hydrogens (primary N) is 1. The van der Waals surface area contributed by atoms with Crippen molar-refractivity contribution >= 4 is 22.4 Å². The fourth-order valence-electron chi connectivity index (χ4n) is 3.35. The average molecular weight is 353 g/mol. The van der Waals surface area contributed by atoms with Gasteiger partial charge in [0.05, 0.1) is 11.9 Å². The number of nitrogens with zero attached hydrogens (tertiary/aromatic N) is 4. The summed E-state index contributed by atoms with van der Waals surface area (Å²) in [4.78, 5) is 19.2. The number of nitrogen functional groups attached to an aromatic ring is 1. The summed E-state index contributed by atoms with van der Waals surface area (Å²) < 4.78 is 1.95. The number of fused-ring (bicyclic) bond motifs is 1. The highest BCUT2D eigenvalue weighted by Crippen LogP contribution is 2.28. The molecule has 128 valence electrons. The molecule has 6 nitrogen and oxygen atoms in total. The van der Waals surface area contributed by atoms with Gasteiger partial charge in [-0.3, -0.25) is 9.48 Å². The Kier molecular flexibility index (Phi) is 4.01. The Bertz CT molecular complexity index is 915. The molecule has 0 saturated heterocycles. The highest BCUT2D eigenvalue weighted by atomic mass is 32.1. The van der Waals surface area contributed by atoms with Crippen LogP contribution in [0.15, 0.2) is 36.5 Å². The third-order valence-corrected chi connectivity index (χ3v) is 5.41. The van der Waals surface area contributed by atoms with Crippen LogP contribution in [0.2, 0.25) is 0 Å². The van der Waals surface area contributed by atoms with Crippen LogP contribution in [0.1, 0.15) is 20.9 Å². The number of carbonyl (C=O) groups is 1. The highest BCUT2D eigenvalue weighted by Gasteiger charge is 2.25. The van der Waals surface area contributed by atoms with Gasteiger partial charge in [-0.2, -0.15) is 5.10 Å². The Morgan fingerprint density at radius 1 is 1.20 bits per heavy atom. The summed E-state index contributed by atoms with van der Waals surface area (Å²) in [5.74, 6) is 0.0104. The molecule has 0 radical (unpaired) electrons. The van der Waals surface area contributed by atoms with Crippen molar-refractivity contribution in [3.8, 4) is 11.3 Å². The minimum Gasteiger partial charge on any atom is -0.375 e. The summed E-state index contributed by atoms with van der Waals surface area (Å²) in [5.41, 5.74) is 10.3. The maximum absolute atomic E-state index is 12.7. The van der Waals surface area contributed by atoms with E-state index in [-0.39, 0.29) is 5.91 Å². The van der Waals surface area contributed by atoms with Crippen molar-refractivity contribution in [1.82, 2.24) is 19.7 Å². The number of benzene rings is 1. The fraction of sp³-hybridized carbons (Fsp3) is 0.278. The number of rotatable bonds is 2. The lowest BCUT2D eigenvalue weighted by molar-refractivity contribution is 0.0767. The van der Waals surface area contributed by atoms with Crippen molar-refractivity contribution in [3.63, 3.8) is 0 Å². The zero-order valence-electron chi connectivity index (χ0n) is 14.0. The number of anilines is 1. The molecule has 3 heterocycles. The number of hydrogen-bond donors (Lipinski definition) is 1. The minimum atomic E-state index is 0.0104. The highest BCUT2D eigenvalue weighted by molar-refractivity contribution is 7.17. The van der Waals surface area contributed by atoms with Gasteiger partial charge in [0, 0.05) is 43.4 Å². The van der Waals surface area contributed by atoms with Crippen LogP contribution in [-0.4, -0.2) is 38.7 Å². The number of hydrogen-bond acceptors (Lipinski definition) is 5. The van der Waals surface area contributed by atoms with E-state index in [1.54, 1.807) is 6.20 Å². The lowest BCUT2D eigenvalue weighted by Crippen LogP contribution is -2.33. The molecule has 1 aromatic carbocycles. The second-order valence-electron chi connectivity index (χ2n) is 6.12. The van der Waals surface area contributed by atoms with Gasteiger partial charge in [-0.1, -0.05) is 41.7 Å². The Balaban J connectivity index is 1.61. The molecule has 7 heteroatoms. The molecule has 4 rings (SSSR count). The number of amides is 1. The third-order valence-electron chi connectivity index (χ3n) is 4.59. The molecular weight excluding hydrogens is 334 g/mol. The molecule has 0 spiro atoms. The first-order chi connectivity index (χ1) is 12.1. The minimum absolute atomic E-state index is 0.0104. The molecule has 0 fully saturated rings. The van der Waals surface area contributed by atoms with Crippen molar-refractivity contribution in [2.45, 2.75) is 12.8 Å². The largest absolute Gasteiger partial charge is 0.375 e. The summed E-state index contributed by atoms with van der Waals surface area (Å²) in [7, 11) is 1.98. The van der Waals surface area contributed by atoms with E-state index >= 15 is 0 Å². The van der Waals surface area contributed by atoms with Crippen LogP contribution in [0.3, 0.4) is 0 Å². The Morgan fingerprint density at radius 3 is 2.68 bits per heavy atom. The Labute approximate surface area is 149 Å². The van der Waals surface area contributed by atoms with Crippen molar-refractivity contribution in [2.75, 3.05) is 18.8 Å². The lowest BCUT2D eigenvalue weighted by atomic mass is 10.0. The molecule has 2 aromatic heterocycles. The molecule has 0 unspecified atom stereocenters. The monoisotopic (exact) mass is 353 g/mol. The van der Waals surface area contributed by atoms with Gasteiger partial charge in [-0.15, -0.1) is 0 Å². The van der Waals surface area contributed by atoms with Gasteiger partial charge in [-0.25, -0.2) is 4.98 Å². The lowest BCUT2D eigenvalue weighted by Gasteiger charge is -2.19. The average Bonchev–Trinajstić information content (AvgIpc) is 3.11. The summed E-state index contributed by atoms with van der Waals surface area (Å²) in [6.45, 7) is 1.35. The van der Waals surface area contributed by atoms with E-state index in [0.717, 1.165) is 24.1 Å². The number of thiazole rings is 1. The zero-order chi connectivity index (χ0) is 17.4. The fourth-order valence-corrected chi connectivity index (χ4v) is 4.00. The Morgan fingerprint density at radius 2 is 1.96 bits per heavy atom. The van der Waals surface area contributed by atoms with E-state index in [4.69, 9.17) is 10.8 Å². The molecule has 0 bridgehead atoms. The number of aryl methyl sites for hydroxylation is 1. The van der Waals surface area contributed by atoms with Crippen LogP contribution in [0.25, 0.3) is 11.3 Å². The van der Waals surface area contributed by atoms with Crippen molar-refractivity contribution in [1.29, 1.82) is 0 Å². The van der Waals surface area contributed by atoms with Gasteiger partial charge in [0.2, 0.25) is 0 Å². The zero-order valence-corrected chi connectivity index (χ0v) is 14.8. The van der Waals surface area contributed by atoms with Crippen molar-refractivity contribution in [3.05, 3.63) is 52.7 Å². The first-order valence-corrected chi connectivity index (χ1v) is 9.06. The summed E-state index contributed by atoms with van der Waals surface area (Å²) >= 11 is 1.24. The van der Waals surface area contributed by atoms with Crippen LogP contribution in [0.5, 0.6) is 0 Å². The maximum atomic E-state index is 12.7. The van der Waals surface area contributed by atoms with Gasteiger partial charge < -0.3 is 10.6 Å². The number of aromatic nitrogens is 3. The molecular formula is C18H19N5OS. The quantitative estimate of drug-likeness (QED) is 0.767. The van der Waals surface area contributed by atoms with Crippen LogP contribution in [0, 0.1) is 0 Å². The molecule has 0 atom stereocenters. The molecule has 3 aromatic rings. The van der Waals surface area contributed by atoms with Gasteiger partial charge in [0.25, 0.3) is 5.91 Å². The van der Waals surface area contributed by atoms with Crippen LogP contribution in [-0.2, 0) is 19.9 Å². The van der Waals surface area contributed by atoms with E-state index in [1.807, 2.05) is 34.8 Å². The molecule has 2 N–H and O–H groups in total. The van der Waals surface area contributed by atoms with E-state index < -0.39 is 0 Å². The number of carbonyl (C=O) groups excluding carboxylic acids is 1. The van der Waals surface area contributed by atoms with Crippen molar-refractivity contribution < 1.29 is 4.79 Å². The summed E-state index contributed by atoms with van der Waals surface area (Å²) in [6, 6.07) is 10.2. The molecule has 1 aliphatic heterocycles. The van der Waals surface area contributed by atoms with Crippen molar-refractivity contribution in [2.24, 2.45) is 7.05 Å². The molecule has 1 aliphatic rings. The van der Waals surface area contributed by atoms with Gasteiger partial charge in [0.1, 0.15) is 4.88 Å². The van der Waals surface area contributed by atoms with Crippen LogP contribution < -0.4 is 5.73 Å². The molecule has 1 amide bonds. The smallest absolute Gasteiger partial charge is 0.265 e. The molecule has 0 saturated carbocycles. The summed E-state index contributed by atoms with van der Waals surface area (Å²) in [5, 5.41) is 5.15. The second kappa shape index (κ2) is 6.33. The van der Waals surface area contributed by atoms with Crippen LogP contribution >= 0.6 is 11.3 Å². The van der Waals surface area contributed by atoms with Crippen LogP contribution in [0.4, 0.5) is 5.13 Å². The normalized spacial score (nSPS) is 14.2. The second-order valence-corrected chi connectivity index (χ2v) is 7.18. The van der Waals surface area contributed by atoms with Gasteiger partial charge >= 0.3 is 0 Å². The Hall–Kier alpha value is -2.67. The molecule has 25 heavy (non-hydrogen) atoms.